The van der Waals surface area contributed by atoms with Crippen LogP contribution in [0, 0.1) is 0 Å². The number of anilines is 1. The number of nitrogens with zero attached hydrogens (tertiary/aromatic N) is 2. The van der Waals surface area contributed by atoms with Gasteiger partial charge < -0.3 is 10.1 Å². The second-order valence-electron chi connectivity index (χ2n) is 4.21. The predicted molar refractivity (Wildman–Crippen MR) is 72.2 cm³/mol. The number of carbonyl (C=O) groups excluding carboxylic acids is 1. The second kappa shape index (κ2) is 5.95. The molecule has 0 atom stereocenters. The molecule has 2 rings (SSSR count). The molecule has 0 bridgehead atoms. The summed E-state index contributed by atoms with van der Waals surface area (Å²) in [6, 6.07) is 8.86. The number of hydrogen-bond donors (Lipinski definition) is 1. The SMILES string of the molecule is CC(C)Oc1ccccc1NC(=O)c1ccncn1. The fourth-order valence-electron chi connectivity index (χ4n) is 1.54. The van der Waals surface area contributed by atoms with E-state index in [4.69, 9.17) is 4.74 Å². The molecular weight excluding hydrogens is 242 g/mol. The van der Waals surface area contributed by atoms with Crippen molar-refractivity contribution in [2.24, 2.45) is 0 Å². The number of aromatic nitrogens is 2. The number of ether oxygens (including phenoxy) is 1. The molecule has 0 aliphatic heterocycles. The summed E-state index contributed by atoms with van der Waals surface area (Å²) in [5, 5.41) is 2.78. The molecular formula is C14H15N3O2. The predicted octanol–water partition coefficient (Wildman–Crippen LogP) is 2.52. The monoisotopic (exact) mass is 257 g/mol. The highest BCUT2D eigenvalue weighted by molar-refractivity contribution is 6.03. The topological polar surface area (TPSA) is 64.1 Å². The van der Waals surface area contributed by atoms with Crippen molar-refractivity contribution in [2.75, 3.05) is 5.32 Å². The maximum absolute atomic E-state index is 12.0. The van der Waals surface area contributed by atoms with E-state index in [1.165, 1.54) is 12.5 Å². The molecule has 1 N–H and O–H groups in total. The van der Waals surface area contributed by atoms with Gasteiger partial charge in [-0.3, -0.25) is 4.79 Å². The zero-order valence-electron chi connectivity index (χ0n) is 10.8. The molecule has 1 aromatic heterocycles. The van der Waals surface area contributed by atoms with Gasteiger partial charge in [0.15, 0.2) is 0 Å². The molecule has 2 aromatic rings. The molecule has 0 aliphatic carbocycles. The molecule has 0 saturated carbocycles. The minimum atomic E-state index is -0.290. The van der Waals surface area contributed by atoms with E-state index in [9.17, 15) is 4.79 Å². The molecule has 0 saturated heterocycles. The first-order chi connectivity index (χ1) is 9.16. The molecule has 0 unspecified atom stereocenters. The summed E-state index contributed by atoms with van der Waals surface area (Å²) >= 11 is 0. The lowest BCUT2D eigenvalue weighted by molar-refractivity contribution is 0.102. The second-order valence-corrected chi connectivity index (χ2v) is 4.21. The average Bonchev–Trinajstić information content (AvgIpc) is 2.41. The van der Waals surface area contributed by atoms with Crippen LogP contribution in [0.1, 0.15) is 24.3 Å². The Morgan fingerprint density at radius 2 is 2.05 bits per heavy atom. The third kappa shape index (κ3) is 3.51. The Morgan fingerprint density at radius 3 is 2.74 bits per heavy atom. The van der Waals surface area contributed by atoms with Gasteiger partial charge in [-0.15, -0.1) is 0 Å². The van der Waals surface area contributed by atoms with Crippen LogP contribution in [0.4, 0.5) is 5.69 Å². The quantitative estimate of drug-likeness (QED) is 0.914. The third-order valence-electron chi connectivity index (χ3n) is 2.31. The summed E-state index contributed by atoms with van der Waals surface area (Å²) < 4.78 is 5.63. The molecule has 19 heavy (non-hydrogen) atoms. The third-order valence-corrected chi connectivity index (χ3v) is 2.31. The highest BCUT2D eigenvalue weighted by Crippen LogP contribution is 2.25. The smallest absolute Gasteiger partial charge is 0.274 e. The number of nitrogens with one attached hydrogen (secondary N) is 1. The Bertz CT molecular complexity index is 556. The van der Waals surface area contributed by atoms with Crippen molar-refractivity contribution in [1.29, 1.82) is 0 Å². The summed E-state index contributed by atoms with van der Waals surface area (Å²) in [5.41, 5.74) is 0.939. The van der Waals surface area contributed by atoms with Crippen molar-refractivity contribution in [1.82, 2.24) is 9.97 Å². The van der Waals surface area contributed by atoms with Gasteiger partial charge in [-0.1, -0.05) is 12.1 Å². The van der Waals surface area contributed by atoms with Gasteiger partial charge in [0.05, 0.1) is 11.8 Å². The van der Waals surface area contributed by atoms with Crippen LogP contribution in [0.15, 0.2) is 42.9 Å². The Morgan fingerprint density at radius 1 is 1.26 bits per heavy atom. The first-order valence-corrected chi connectivity index (χ1v) is 6.00. The van der Waals surface area contributed by atoms with Gasteiger partial charge in [-0.2, -0.15) is 0 Å². The summed E-state index contributed by atoms with van der Waals surface area (Å²) in [7, 11) is 0. The van der Waals surface area contributed by atoms with Crippen LogP contribution in [0.5, 0.6) is 5.75 Å². The maximum atomic E-state index is 12.0. The molecule has 1 aromatic carbocycles. The fraction of sp³-hybridized carbons (Fsp3) is 0.214. The van der Waals surface area contributed by atoms with E-state index < -0.39 is 0 Å². The van der Waals surface area contributed by atoms with Crippen LogP contribution in [0.25, 0.3) is 0 Å². The molecule has 0 spiro atoms. The fourth-order valence-corrected chi connectivity index (χ4v) is 1.54. The summed E-state index contributed by atoms with van der Waals surface area (Å²) in [6.07, 6.45) is 2.90. The van der Waals surface area contributed by atoms with Crippen LogP contribution in [0.2, 0.25) is 0 Å². The molecule has 98 valence electrons. The van der Waals surface area contributed by atoms with E-state index in [-0.39, 0.29) is 12.0 Å². The normalized spacial score (nSPS) is 10.3. The van der Waals surface area contributed by atoms with Crippen molar-refractivity contribution < 1.29 is 9.53 Å². The molecule has 1 amide bonds. The lowest BCUT2D eigenvalue weighted by atomic mass is 10.2. The van der Waals surface area contributed by atoms with Crippen molar-refractivity contribution in [3.63, 3.8) is 0 Å². The molecule has 1 heterocycles. The molecule has 0 aliphatic rings. The van der Waals surface area contributed by atoms with Gasteiger partial charge >= 0.3 is 0 Å². The lowest BCUT2D eigenvalue weighted by Gasteiger charge is -2.14. The van der Waals surface area contributed by atoms with Gasteiger partial charge in [0.25, 0.3) is 5.91 Å². The molecule has 0 fully saturated rings. The number of para-hydroxylation sites is 2. The van der Waals surface area contributed by atoms with Crippen LogP contribution < -0.4 is 10.1 Å². The van der Waals surface area contributed by atoms with Gasteiger partial charge in [0.1, 0.15) is 17.8 Å². The standard InChI is InChI=1S/C14H15N3O2/c1-10(2)19-13-6-4-3-5-11(13)17-14(18)12-7-8-15-9-16-12/h3-10H,1-2H3,(H,17,18). The van der Waals surface area contributed by atoms with E-state index >= 15 is 0 Å². The zero-order valence-corrected chi connectivity index (χ0v) is 10.8. The highest BCUT2D eigenvalue weighted by Gasteiger charge is 2.11. The number of rotatable bonds is 4. The van der Waals surface area contributed by atoms with Crippen molar-refractivity contribution in [2.45, 2.75) is 20.0 Å². The van der Waals surface area contributed by atoms with Gasteiger partial charge in [0.2, 0.25) is 0 Å². The Kier molecular flexibility index (Phi) is 4.07. The van der Waals surface area contributed by atoms with Crippen molar-refractivity contribution in [3.05, 3.63) is 48.5 Å². The van der Waals surface area contributed by atoms with Gasteiger partial charge in [-0.25, -0.2) is 9.97 Å². The molecule has 5 nitrogen and oxygen atoms in total. The van der Waals surface area contributed by atoms with E-state index in [1.54, 1.807) is 12.1 Å². The van der Waals surface area contributed by atoms with Crippen LogP contribution in [-0.2, 0) is 0 Å². The summed E-state index contributed by atoms with van der Waals surface area (Å²) in [5.74, 6) is 0.349. The Labute approximate surface area is 111 Å². The number of benzene rings is 1. The van der Waals surface area contributed by atoms with E-state index in [0.717, 1.165) is 0 Å². The lowest BCUT2D eigenvalue weighted by Crippen LogP contribution is -2.15. The van der Waals surface area contributed by atoms with Gasteiger partial charge in [-0.05, 0) is 32.0 Å². The zero-order chi connectivity index (χ0) is 13.7. The average molecular weight is 257 g/mol. The van der Waals surface area contributed by atoms with Crippen molar-refractivity contribution >= 4 is 11.6 Å². The minimum Gasteiger partial charge on any atom is -0.489 e. The van der Waals surface area contributed by atoms with Crippen LogP contribution >= 0.6 is 0 Å². The summed E-state index contributed by atoms with van der Waals surface area (Å²) in [6.45, 7) is 3.87. The van der Waals surface area contributed by atoms with E-state index in [2.05, 4.69) is 15.3 Å². The van der Waals surface area contributed by atoms with Crippen LogP contribution in [-0.4, -0.2) is 22.0 Å². The van der Waals surface area contributed by atoms with Gasteiger partial charge in [0, 0.05) is 6.20 Å². The van der Waals surface area contributed by atoms with E-state index in [1.807, 2.05) is 32.0 Å². The Balaban J connectivity index is 2.17. The van der Waals surface area contributed by atoms with E-state index in [0.29, 0.717) is 17.1 Å². The summed E-state index contributed by atoms with van der Waals surface area (Å²) in [4.78, 5) is 19.7. The highest BCUT2D eigenvalue weighted by atomic mass is 16.5. The number of carbonyl (C=O) groups is 1. The number of hydrogen-bond acceptors (Lipinski definition) is 4. The van der Waals surface area contributed by atoms with Crippen molar-refractivity contribution in [3.8, 4) is 5.75 Å². The minimum absolute atomic E-state index is 0.0390. The number of amides is 1. The largest absolute Gasteiger partial charge is 0.489 e. The maximum Gasteiger partial charge on any atom is 0.274 e. The molecule has 0 radical (unpaired) electrons. The first kappa shape index (κ1) is 13.0. The molecule has 5 heteroatoms. The first-order valence-electron chi connectivity index (χ1n) is 6.00. The Hall–Kier alpha value is -2.43. The van der Waals surface area contributed by atoms with Crippen LogP contribution in [0.3, 0.4) is 0 Å².